The van der Waals surface area contributed by atoms with Gasteiger partial charge in [0, 0.05) is 16.5 Å². The first-order valence-corrected chi connectivity index (χ1v) is 7.85. The summed E-state index contributed by atoms with van der Waals surface area (Å²) >= 11 is 1.74. The van der Waals surface area contributed by atoms with E-state index in [4.69, 9.17) is 5.73 Å². The van der Waals surface area contributed by atoms with Crippen LogP contribution in [-0.2, 0) is 6.42 Å². The average Bonchev–Trinajstić information content (AvgIpc) is 2.99. The Hall–Kier alpha value is -2.14. The predicted octanol–water partition coefficient (Wildman–Crippen LogP) is 4.01. The number of rotatable bonds is 4. The van der Waals surface area contributed by atoms with E-state index in [0.29, 0.717) is 5.69 Å². The summed E-state index contributed by atoms with van der Waals surface area (Å²) in [5, 5.41) is 5.60. The van der Waals surface area contributed by atoms with Gasteiger partial charge in [0.05, 0.1) is 29.1 Å². The van der Waals surface area contributed by atoms with Gasteiger partial charge in [0.1, 0.15) is 5.01 Å². The lowest BCUT2D eigenvalue weighted by Crippen LogP contribution is -2.09. The third-order valence-electron chi connectivity index (χ3n) is 3.46. The van der Waals surface area contributed by atoms with E-state index in [-0.39, 0.29) is 6.04 Å². The van der Waals surface area contributed by atoms with Gasteiger partial charge in [-0.25, -0.2) is 4.98 Å². The smallest absolute Gasteiger partial charge is 0.115 e. The van der Waals surface area contributed by atoms with Crippen molar-refractivity contribution in [2.45, 2.75) is 26.3 Å². The fraction of sp³-hybridized carbons (Fsp3) is 0.250. The summed E-state index contributed by atoms with van der Waals surface area (Å²) in [6.45, 7) is 4.25. The van der Waals surface area contributed by atoms with Gasteiger partial charge in [-0.2, -0.15) is 0 Å². The van der Waals surface area contributed by atoms with Crippen molar-refractivity contribution in [2.75, 3.05) is 11.1 Å². The Morgan fingerprint density at radius 3 is 2.81 bits per heavy atom. The number of thiazole rings is 1. The molecule has 3 N–H and O–H groups in total. The van der Waals surface area contributed by atoms with Crippen LogP contribution in [0.1, 0.15) is 29.8 Å². The number of para-hydroxylation sites is 1. The number of hydrogen-bond donors (Lipinski definition) is 2. The molecule has 0 spiro atoms. The van der Waals surface area contributed by atoms with Crippen LogP contribution in [0.4, 0.5) is 11.4 Å². The minimum absolute atomic E-state index is 0.114. The molecule has 0 radical (unpaired) electrons. The molecule has 1 aromatic carbocycles. The van der Waals surface area contributed by atoms with E-state index in [0.717, 1.165) is 28.0 Å². The van der Waals surface area contributed by atoms with Crippen molar-refractivity contribution in [1.29, 1.82) is 0 Å². The minimum atomic E-state index is 0.114. The molecule has 108 valence electrons. The number of fused-ring (bicyclic) bond motifs is 1. The lowest BCUT2D eigenvalue weighted by molar-refractivity contribution is 0.871. The van der Waals surface area contributed by atoms with Gasteiger partial charge < -0.3 is 11.1 Å². The molecule has 0 saturated heterocycles. The summed E-state index contributed by atoms with van der Waals surface area (Å²) in [5.74, 6) is 0. The molecule has 5 heteroatoms. The summed E-state index contributed by atoms with van der Waals surface area (Å²) < 4.78 is 0. The number of nitrogens with two attached hydrogens (primary N) is 1. The molecule has 0 bridgehead atoms. The van der Waals surface area contributed by atoms with Crippen molar-refractivity contribution >= 4 is 33.6 Å². The average molecular weight is 298 g/mol. The number of pyridine rings is 1. The van der Waals surface area contributed by atoms with Crippen LogP contribution in [-0.4, -0.2) is 9.97 Å². The van der Waals surface area contributed by atoms with Crippen molar-refractivity contribution in [3.63, 3.8) is 0 Å². The first-order chi connectivity index (χ1) is 10.2. The molecule has 0 aliphatic carbocycles. The van der Waals surface area contributed by atoms with Gasteiger partial charge in [-0.15, -0.1) is 11.3 Å². The van der Waals surface area contributed by atoms with Crippen molar-refractivity contribution in [2.24, 2.45) is 0 Å². The molecule has 21 heavy (non-hydrogen) atoms. The molecule has 0 aliphatic rings. The number of nitrogens with zero attached hydrogens (tertiary/aromatic N) is 2. The van der Waals surface area contributed by atoms with E-state index in [2.05, 4.69) is 29.1 Å². The molecule has 0 amide bonds. The Kier molecular flexibility index (Phi) is 3.75. The Labute approximate surface area is 128 Å². The number of benzene rings is 1. The minimum Gasteiger partial charge on any atom is -0.396 e. The maximum atomic E-state index is 6.10. The van der Waals surface area contributed by atoms with E-state index in [1.54, 1.807) is 17.5 Å². The third kappa shape index (κ3) is 2.69. The van der Waals surface area contributed by atoms with Gasteiger partial charge in [0.25, 0.3) is 0 Å². The molecule has 2 heterocycles. The Morgan fingerprint density at radius 1 is 1.24 bits per heavy atom. The highest BCUT2D eigenvalue weighted by atomic mass is 32.1. The second-order valence-electron chi connectivity index (χ2n) is 4.99. The highest BCUT2D eigenvalue weighted by Gasteiger charge is 2.13. The number of nitrogen functional groups attached to an aromatic ring is 1. The summed E-state index contributed by atoms with van der Waals surface area (Å²) in [6, 6.07) is 8.12. The van der Waals surface area contributed by atoms with Gasteiger partial charge in [-0.3, -0.25) is 4.98 Å². The second kappa shape index (κ2) is 5.69. The number of nitrogens with one attached hydrogen (secondary N) is 1. The van der Waals surface area contributed by atoms with Gasteiger partial charge >= 0.3 is 0 Å². The molecule has 3 rings (SSSR count). The van der Waals surface area contributed by atoms with E-state index in [9.17, 15) is 0 Å². The zero-order valence-electron chi connectivity index (χ0n) is 12.1. The Balaban J connectivity index is 1.95. The standard InChI is InChI=1S/C16H18N4S/c1-3-11-8-19-16(21-11)10(2)20-15-12-6-4-5-7-14(12)18-9-13(15)17/h4-10H,3,17H2,1-2H3,(H,18,20). The maximum Gasteiger partial charge on any atom is 0.115 e. The van der Waals surface area contributed by atoms with Crippen molar-refractivity contribution in [3.05, 3.63) is 46.5 Å². The quantitative estimate of drug-likeness (QED) is 0.764. The lowest BCUT2D eigenvalue weighted by atomic mass is 10.1. The van der Waals surface area contributed by atoms with Crippen LogP contribution in [0.3, 0.4) is 0 Å². The van der Waals surface area contributed by atoms with E-state index < -0.39 is 0 Å². The molecule has 4 nitrogen and oxygen atoms in total. The molecule has 2 aromatic heterocycles. The van der Waals surface area contributed by atoms with Gasteiger partial charge in [0.15, 0.2) is 0 Å². The topological polar surface area (TPSA) is 63.8 Å². The van der Waals surface area contributed by atoms with E-state index >= 15 is 0 Å². The van der Waals surface area contributed by atoms with E-state index in [1.807, 2.05) is 30.5 Å². The zero-order valence-corrected chi connectivity index (χ0v) is 12.9. The van der Waals surface area contributed by atoms with Crippen LogP contribution < -0.4 is 11.1 Å². The number of aromatic nitrogens is 2. The highest BCUT2D eigenvalue weighted by molar-refractivity contribution is 7.11. The van der Waals surface area contributed by atoms with E-state index in [1.165, 1.54) is 4.88 Å². The lowest BCUT2D eigenvalue weighted by Gasteiger charge is -2.16. The SMILES string of the molecule is CCc1cnc(C(C)Nc2c(N)cnc3ccccc23)s1. The first-order valence-electron chi connectivity index (χ1n) is 7.03. The molecule has 3 aromatic rings. The second-order valence-corrected chi connectivity index (χ2v) is 6.14. The number of anilines is 2. The highest BCUT2D eigenvalue weighted by Crippen LogP contribution is 2.32. The summed E-state index contributed by atoms with van der Waals surface area (Å²) in [4.78, 5) is 10.2. The van der Waals surface area contributed by atoms with Crippen LogP contribution in [0.25, 0.3) is 10.9 Å². The molecule has 1 unspecified atom stereocenters. The number of hydrogen-bond acceptors (Lipinski definition) is 5. The van der Waals surface area contributed by atoms with Crippen molar-refractivity contribution in [1.82, 2.24) is 9.97 Å². The molecule has 1 atom stereocenters. The summed E-state index contributed by atoms with van der Waals surface area (Å²) in [5.41, 5.74) is 8.63. The van der Waals surface area contributed by atoms with Crippen LogP contribution in [0.15, 0.2) is 36.7 Å². The molecular formula is C16H18N4S. The normalized spacial score (nSPS) is 12.5. The van der Waals surface area contributed by atoms with Crippen LogP contribution in [0.5, 0.6) is 0 Å². The van der Waals surface area contributed by atoms with Crippen molar-refractivity contribution in [3.8, 4) is 0 Å². The molecular weight excluding hydrogens is 280 g/mol. The van der Waals surface area contributed by atoms with Gasteiger partial charge in [-0.1, -0.05) is 25.1 Å². The fourth-order valence-electron chi connectivity index (χ4n) is 2.28. The summed E-state index contributed by atoms with van der Waals surface area (Å²) in [7, 11) is 0. The van der Waals surface area contributed by atoms with Gasteiger partial charge in [-0.05, 0) is 19.4 Å². The third-order valence-corrected chi connectivity index (χ3v) is 4.78. The van der Waals surface area contributed by atoms with Crippen LogP contribution in [0, 0.1) is 0 Å². The van der Waals surface area contributed by atoms with Crippen LogP contribution in [0.2, 0.25) is 0 Å². The monoisotopic (exact) mass is 298 g/mol. The number of aryl methyl sites for hydroxylation is 1. The summed E-state index contributed by atoms with van der Waals surface area (Å²) in [6.07, 6.45) is 4.67. The maximum absolute atomic E-state index is 6.10. The fourth-order valence-corrected chi connectivity index (χ4v) is 3.14. The van der Waals surface area contributed by atoms with Crippen molar-refractivity contribution < 1.29 is 0 Å². The Bertz CT molecular complexity index is 766. The first kappa shape index (κ1) is 13.8. The molecule has 0 aliphatic heterocycles. The Morgan fingerprint density at radius 2 is 2.05 bits per heavy atom. The molecule has 0 saturated carbocycles. The largest absolute Gasteiger partial charge is 0.396 e. The van der Waals surface area contributed by atoms with Crippen LogP contribution >= 0.6 is 11.3 Å². The zero-order chi connectivity index (χ0) is 14.8. The molecule has 0 fully saturated rings. The van der Waals surface area contributed by atoms with Gasteiger partial charge in [0.2, 0.25) is 0 Å². The predicted molar refractivity (Wildman–Crippen MR) is 89.7 cm³/mol.